The highest BCUT2D eigenvalue weighted by Gasteiger charge is 2.25. The van der Waals surface area contributed by atoms with Gasteiger partial charge in [0.1, 0.15) is 5.75 Å². The zero-order valence-corrected chi connectivity index (χ0v) is 20.8. The highest BCUT2D eigenvalue weighted by molar-refractivity contribution is 7.90. The molecule has 0 N–H and O–H groups in total. The summed E-state index contributed by atoms with van der Waals surface area (Å²) in [5.74, 6) is 0.794. The number of aromatic nitrogens is 2. The van der Waals surface area contributed by atoms with E-state index in [2.05, 4.69) is 18.0 Å². The largest absolute Gasteiger partial charge is 0.497 e. The Labute approximate surface area is 206 Å². The summed E-state index contributed by atoms with van der Waals surface area (Å²) in [4.78, 5) is 4.84. The van der Waals surface area contributed by atoms with Gasteiger partial charge in [0.25, 0.3) is 10.0 Å². The zero-order chi connectivity index (χ0) is 24.4. The van der Waals surface area contributed by atoms with Crippen LogP contribution in [-0.2, 0) is 16.4 Å². The van der Waals surface area contributed by atoms with E-state index in [1.807, 2.05) is 48.5 Å². The van der Waals surface area contributed by atoms with Crippen molar-refractivity contribution in [3.63, 3.8) is 0 Å². The first kappa shape index (κ1) is 23.1. The normalized spacial score (nSPS) is 11.8. The van der Waals surface area contributed by atoms with Crippen molar-refractivity contribution in [3.05, 3.63) is 90.6 Å². The van der Waals surface area contributed by atoms with E-state index in [-0.39, 0.29) is 4.90 Å². The fraction of sp³-hybridized carbons (Fsp3) is 0.207. The van der Waals surface area contributed by atoms with Crippen LogP contribution < -0.4 is 4.74 Å². The van der Waals surface area contributed by atoms with E-state index in [1.54, 1.807) is 37.6 Å². The summed E-state index contributed by atoms with van der Waals surface area (Å²) in [5.41, 5.74) is 4.29. The smallest absolute Gasteiger partial charge is 0.269 e. The molecule has 5 aromatic rings. The number of rotatable bonds is 8. The molecule has 0 unspecified atom stereocenters. The summed E-state index contributed by atoms with van der Waals surface area (Å²) in [6.07, 6.45) is 5.90. The minimum atomic E-state index is -3.84. The molecule has 6 heteroatoms. The van der Waals surface area contributed by atoms with Crippen molar-refractivity contribution in [2.45, 2.75) is 37.5 Å². The zero-order valence-electron chi connectivity index (χ0n) is 19.9. The highest BCUT2D eigenvalue weighted by atomic mass is 32.2. The van der Waals surface area contributed by atoms with Crippen molar-refractivity contribution in [3.8, 4) is 16.9 Å². The molecule has 0 aliphatic rings. The molecule has 0 amide bonds. The minimum absolute atomic E-state index is 0.246. The van der Waals surface area contributed by atoms with Gasteiger partial charge in [0.05, 0.1) is 17.5 Å². The molecule has 2 heterocycles. The van der Waals surface area contributed by atoms with E-state index >= 15 is 0 Å². The van der Waals surface area contributed by atoms with E-state index in [0.29, 0.717) is 11.2 Å². The van der Waals surface area contributed by atoms with Gasteiger partial charge in [0.15, 0.2) is 5.65 Å². The van der Waals surface area contributed by atoms with E-state index in [9.17, 15) is 8.42 Å². The molecule has 0 aliphatic carbocycles. The highest BCUT2D eigenvalue weighted by Crippen LogP contribution is 2.36. The van der Waals surface area contributed by atoms with Crippen LogP contribution in [0.1, 0.15) is 31.7 Å². The maximum absolute atomic E-state index is 13.8. The number of aryl methyl sites for hydroxylation is 1. The summed E-state index contributed by atoms with van der Waals surface area (Å²) in [7, 11) is -2.19. The van der Waals surface area contributed by atoms with Crippen LogP contribution >= 0.6 is 0 Å². The first-order chi connectivity index (χ1) is 17.0. The lowest BCUT2D eigenvalue weighted by molar-refractivity contribution is 0.415. The number of hydrogen-bond donors (Lipinski definition) is 0. The van der Waals surface area contributed by atoms with Crippen LogP contribution in [-0.4, -0.2) is 24.5 Å². The van der Waals surface area contributed by atoms with Gasteiger partial charge in [-0.3, -0.25) is 0 Å². The number of unbranched alkanes of at least 4 members (excludes halogenated alkanes) is 2. The molecule has 5 nitrogen and oxygen atoms in total. The van der Waals surface area contributed by atoms with E-state index in [4.69, 9.17) is 4.74 Å². The molecule has 0 saturated heterocycles. The number of nitrogens with zero attached hydrogens (tertiary/aromatic N) is 2. The van der Waals surface area contributed by atoms with Crippen molar-refractivity contribution < 1.29 is 13.2 Å². The second-order valence-corrected chi connectivity index (χ2v) is 10.5. The molecule has 0 radical (unpaired) electrons. The molecule has 0 spiro atoms. The van der Waals surface area contributed by atoms with Gasteiger partial charge in [0.2, 0.25) is 0 Å². The minimum Gasteiger partial charge on any atom is -0.497 e. The molecular weight excluding hydrogens is 456 g/mol. The molecule has 3 aromatic carbocycles. The molecule has 2 aromatic heterocycles. The van der Waals surface area contributed by atoms with E-state index < -0.39 is 10.0 Å². The maximum Gasteiger partial charge on any atom is 0.269 e. The lowest BCUT2D eigenvalue weighted by Crippen LogP contribution is -2.13. The number of ether oxygens (including phenoxy) is 1. The van der Waals surface area contributed by atoms with Crippen LogP contribution in [0.2, 0.25) is 0 Å². The first-order valence-electron chi connectivity index (χ1n) is 11.9. The van der Waals surface area contributed by atoms with Gasteiger partial charge in [-0.2, -0.15) is 0 Å². The lowest BCUT2D eigenvalue weighted by Gasteiger charge is -2.09. The Balaban J connectivity index is 1.78. The van der Waals surface area contributed by atoms with Crippen LogP contribution in [0.5, 0.6) is 5.75 Å². The summed E-state index contributed by atoms with van der Waals surface area (Å²) in [6.45, 7) is 2.18. The average molecular weight is 485 g/mol. The molecule has 0 saturated carbocycles. The van der Waals surface area contributed by atoms with Gasteiger partial charge in [0, 0.05) is 17.0 Å². The molecule has 35 heavy (non-hydrogen) atoms. The van der Waals surface area contributed by atoms with Crippen molar-refractivity contribution >= 4 is 32.0 Å². The van der Waals surface area contributed by atoms with E-state index in [1.165, 1.54) is 3.97 Å². The number of benzene rings is 3. The number of hydrogen-bond acceptors (Lipinski definition) is 4. The second-order valence-electron chi connectivity index (χ2n) is 8.67. The van der Waals surface area contributed by atoms with Crippen molar-refractivity contribution in [2.75, 3.05) is 7.11 Å². The van der Waals surface area contributed by atoms with Gasteiger partial charge in [-0.1, -0.05) is 56.2 Å². The van der Waals surface area contributed by atoms with Crippen LogP contribution in [0, 0.1) is 0 Å². The van der Waals surface area contributed by atoms with Gasteiger partial charge in [-0.05, 0) is 72.0 Å². The Morgan fingerprint density at radius 1 is 0.886 bits per heavy atom. The second kappa shape index (κ2) is 9.55. The monoisotopic (exact) mass is 484 g/mol. The molecule has 178 valence electrons. The number of fused-ring (bicyclic) bond motifs is 3. The number of methoxy groups -OCH3 is 1. The Hall–Kier alpha value is -3.64. The average Bonchev–Trinajstić information content (AvgIpc) is 3.24. The standard InChI is InChI=1S/C29H28N2O3S/c1-3-4-6-9-22-18-19-30-29-28(22)26-20-23(21-12-15-24(34-2)16-13-21)14-17-27(26)31(29)35(32,33)25-10-7-5-8-11-25/h5,7-8,10-20H,3-4,6,9H2,1-2H3. The van der Waals surface area contributed by atoms with Gasteiger partial charge in [-0.15, -0.1) is 0 Å². The predicted octanol–water partition coefficient (Wildman–Crippen LogP) is 6.83. The van der Waals surface area contributed by atoms with Crippen molar-refractivity contribution in [1.82, 2.24) is 8.96 Å². The Bertz CT molecular complexity index is 1590. The SMILES string of the molecule is CCCCCc1ccnc2c1c1cc(-c3ccc(OC)cc3)ccc1n2S(=O)(=O)c1ccccc1. The third-order valence-electron chi connectivity index (χ3n) is 6.45. The van der Waals surface area contributed by atoms with Gasteiger partial charge < -0.3 is 4.74 Å². The fourth-order valence-electron chi connectivity index (χ4n) is 4.64. The maximum atomic E-state index is 13.8. The Morgan fingerprint density at radius 3 is 2.34 bits per heavy atom. The quantitative estimate of drug-likeness (QED) is 0.226. The third-order valence-corrected chi connectivity index (χ3v) is 8.17. The van der Waals surface area contributed by atoms with E-state index in [0.717, 1.165) is 58.9 Å². The first-order valence-corrected chi connectivity index (χ1v) is 13.4. The molecule has 0 fully saturated rings. The van der Waals surface area contributed by atoms with Crippen LogP contribution in [0.15, 0.2) is 90.0 Å². The number of pyridine rings is 1. The summed E-state index contributed by atoms with van der Waals surface area (Å²) < 4.78 is 34.4. The summed E-state index contributed by atoms with van der Waals surface area (Å²) in [5, 5.41) is 1.81. The van der Waals surface area contributed by atoms with Gasteiger partial charge >= 0.3 is 0 Å². The third kappa shape index (κ3) is 4.19. The van der Waals surface area contributed by atoms with Crippen LogP contribution in [0.3, 0.4) is 0 Å². The molecule has 0 atom stereocenters. The molecular formula is C29H28N2O3S. The van der Waals surface area contributed by atoms with Crippen molar-refractivity contribution in [1.29, 1.82) is 0 Å². The van der Waals surface area contributed by atoms with Gasteiger partial charge in [-0.25, -0.2) is 17.4 Å². The van der Waals surface area contributed by atoms with Crippen LogP contribution in [0.4, 0.5) is 0 Å². The van der Waals surface area contributed by atoms with Crippen LogP contribution in [0.25, 0.3) is 33.1 Å². The molecule has 5 rings (SSSR count). The Morgan fingerprint density at radius 2 is 1.63 bits per heavy atom. The molecule has 0 aliphatic heterocycles. The van der Waals surface area contributed by atoms with Crippen molar-refractivity contribution in [2.24, 2.45) is 0 Å². The fourth-order valence-corrected chi connectivity index (χ4v) is 6.14. The summed E-state index contributed by atoms with van der Waals surface area (Å²) in [6, 6.07) is 24.4. The lowest BCUT2D eigenvalue weighted by atomic mass is 9.99. The summed E-state index contributed by atoms with van der Waals surface area (Å²) >= 11 is 0. The Kier molecular flexibility index (Phi) is 6.31. The topological polar surface area (TPSA) is 61.2 Å². The molecule has 0 bridgehead atoms. The predicted molar refractivity (Wildman–Crippen MR) is 141 cm³/mol.